The summed E-state index contributed by atoms with van der Waals surface area (Å²) in [4.78, 5) is 17.8. The highest BCUT2D eigenvalue weighted by Gasteiger charge is 2.10. The van der Waals surface area contributed by atoms with Crippen LogP contribution in [0, 0.1) is 6.92 Å². The molecular formula is C22H19N3O3S. The van der Waals surface area contributed by atoms with Crippen LogP contribution in [-0.4, -0.2) is 28.8 Å². The van der Waals surface area contributed by atoms with Gasteiger partial charge in [0.1, 0.15) is 11.5 Å². The summed E-state index contributed by atoms with van der Waals surface area (Å²) in [5, 5.41) is 4.32. The maximum atomic E-state index is 12.8. The summed E-state index contributed by atoms with van der Waals surface area (Å²) < 4.78 is 12.5. The van der Waals surface area contributed by atoms with Crippen molar-refractivity contribution in [2.75, 3.05) is 14.2 Å². The Morgan fingerprint density at radius 2 is 1.83 bits per heavy atom. The van der Waals surface area contributed by atoms with E-state index in [0.29, 0.717) is 26.8 Å². The topological polar surface area (TPSA) is 65.7 Å². The molecule has 0 atom stereocenters. The summed E-state index contributed by atoms with van der Waals surface area (Å²) in [6.45, 7) is 2.05. The van der Waals surface area contributed by atoms with E-state index in [0.717, 1.165) is 11.1 Å². The van der Waals surface area contributed by atoms with E-state index in [1.165, 1.54) is 21.4 Å². The fourth-order valence-electron chi connectivity index (χ4n) is 2.86. The number of hydrogen-bond donors (Lipinski definition) is 0. The van der Waals surface area contributed by atoms with Crippen LogP contribution in [0.3, 0.4) is 0 Å². The first kappa shape index (κ1) is 18.9. The summed E-state index contributed by atoms with van der Waals surface area (Å²) in [7, 11) is 3.19. The highest BCUT2D eigenvalue weighted by Crippen LogP contribution is 2.24. The van der Waals surface area contributed by atoms with Gasteiger partial charge in [-0.15, -0.1) is 5.10 Å². The average Bonchev–Trinajstić information content (AvgIpc) is 3.26. The Morgan fingerprint density at radius 1 is 1.03 bits per heavy atom. The summed E-state index contributed by atoms with van der Waals surface area (Å²) in [5.74, 6) is 1.85. The molecule has 0 aliphatic rings. The van der Waals surface area contributed by atoms with Gasteiger partial charge in [0.05, 0.1) is 18.8 Å². The van der Waals surface area contributed by atoms with Crippen molar-refractivity contribution in [3.8, 4) is 11.5 Å². The Labute approximate surface area is 171 Å². The summed E-state index contributed by atoms with van der Waals surface area (Å²) >= 11 is 1.29. The molecule has 2 aromatic heterocycles. The Hall–Kier alpha value is -3.45. The lowest BCUT2D eigenvalue weighted by molar-refractivity contribution is 0.402. The van der Waals surface area contributed by atoms with Crippen LogP contribution in [0.5, 0.6) is 11.5 Å². The Kier molecular flexibility index (Phi) is 5.14. The van der Waals surface area contributed by atoms with Crippen molar-refractivity contribution < 1.29 is 9.47 Å². The molecule has 7 heteroatoms. The lowest BCUT2D eigenvalue weighted by Crippen LogP contribution is -2.23. The van der Waals surface area contributed by atoms with Crippen molar-refractivity contribution >= 4 is 34.5 Å². The normalized spacial score (nSPS) is 12.2. The number of ether oxygens (including phenoxy) is 2. The number of nitrogens with zero attached hydrogens (tertiary/aromatic N) is 3. The van der Waals surface area contributed by atoms with Gasteiger partial charge in [-0.2, -0.15) is 9.50 Å². The van der Waals surface area contributed by atoms with Crippen molar-refractivity contribution in [3.05, 3.63) is 79.9 Å². The molecule has 0 fully saturated rings. The molecule has 29 heavy (non-hydrogen) atoms. The minimum atomic E-state index is -0.211. The van der Waals surface area contributed by atoms with E-state index in [1.807, 2.05) is 49.4 Å². The van der Waals surface area contributed by atoms with Crippen molar-refractivity contribution in [2.45, 2.75) is 6.92 Å². The van der Waals surface area contributed by atoms with Crippen LogP contribution in [0.1, 0.15) is 22.5 Å². The van der Waals surface area contributed by atoms with Gasteiger partial charge in [0.15, 0.2) is 5.82 Å². The van der Waals surface area contributed by atoms with Crippen molar-refractivity contribution in [3.63, 3.8) is 0 Å². The standard InChI is InChI=1S/C22H19N3O3S/c1-14-4-6-15(7-5-14)8-11-20-23-22-25(24-20)21(26)19(29-22)13-16-12-17(27-2)9-10-18(16)28-3/h4-13H,1-3H3. The lowest BCUT2D eigenvalue weighted by Gasteiger charge is -2.06. The highest BCUT2D eigenvalue weighted by atomic mass is 32.1. The molecule has 0 saturated heterocycles. The van der Waals surface area contributed by atoms with Gasteiger partial charge in [0.25, 0.3) is 5.56 Å². The van der Waals surface area contributed by atoms with Crippen LogP contribution in [0.15, 0.2) is 47.3 Å². The van der Waals surface area contributed by atoms with E-state index in [1.54, 1.807) is 32.4 Å². The molecule has 146 valence electrons. The number of fused-ring (bicyclic) bond motifs is 1. The Bertz CT molecular complexity index is 1300. The molecule has 0 aliphatic heterocycles. The first-order valence-electron chi connectivity index (χ1n) is 8.95. The highest BCUT2D eigenvalue weighted by molar-refractivity contribution is 7.15. The maximum absolute atomic E-state index is 12.8. The van der Waals surface area contributed by atoms with Gasteiger partial charge < -0.3 is 9.47 Å². The molecule has 4 rings (SSSR count). The molecule has 0 unspecified atom stereocenters. The quantitative estimate of drug-likeness (QED) is 0.510. The zero-order valence-corrected chi connectivity index (χ0v) is 17.1. The summed E-state index contributed by atoms with van der Waals surface area (Å²) in [5.41, 5.74) is 2.80. The van der Waals surface area contributed by atoms with Crippen LogP contribution in [0.2, 0.25) is 0 Å². The zero-order chi connectivity index (χ0) is 20.4. The van der Waals surface area contributed by atoms with Gasteiger partial charge in [0.2, 0.25) is 4.96 Å². The molecule has 0 saturated carbocycles. The van der Waals surface area contributed by atoms with Gasteiger partial charge in [-0.05, 0) is 42.8 Å². The number of aromatic nitrogens is 3. The second-order valence-corrected chi connectivity index (χ2v) is 7.44. The third-order valence-electron chi connectivity index (χ3n) is 4.42. The largest absolute Gasteiger partial charge is 0.497 e. The van der Waals surface area contributed by atoms with Crippen LogP contribution in [-0.2, 0) is 0 Å². The smallest absolute Gasteiger partial charge is 0.291 e. The van der Waals surface area contributed by atoms with Gasteiger partial charge >= 0.3 is 0 Å². The molecule has 6 nitrogen and oxygen atoms in total. The summed E-state index contributed by atoms with van der Waals surface area (Å²) in [6.07, 6.45) is 5.50. The second-order valence-electron chi connectivity index (χ2n) is 6.43. The Balaban J connectivity index is 1.69. The second kappa shape index (κ2) is 7.89. The molecule has 2 aromatic carbocycles. The molecule has 4 aromatic rings. The number of benzene rings is 2. The van der Waals surface area contributed by atoms with Crippen LogP contribution in [0.4, 0.5) is 0 Å². The fourth-order valence-corrected chi connectivity index (χ4v) is 3.77. The van der Waals surface area contributed by atoms with Crippen molar-refractivity contribution in [2.24, 2.45) is 0 Å². The van der Waals surface area contributed by atoms with E-state index >= 15 is 0 Å². The van der Waals surface area contributed by atoms with Gasteiger partial charge in [-0.1, -0.05) is 47.2 Å². The van der Waals surface area contributed by atoms with Crippen LogP contribution >= 0.6 is 11.3 Å². The molecule has 0 radical (unpaired) electrons. The lowest BCUT2D eigenvalue weighted by atomic mass is 10.1. The first-order chi connectivity index (χ1) is 14.1. The molecule has 0 bridgehead atoms. The molecule has 2 heterocycles. The molecule has 0 aliphatic carbocycles. The average molecular weight is 405 g/mol. The number of aryl methyl sites for hydroxylation is 1. The van der Waals surface area contributed by atoms with E-state index in [-0.39, 0.29) is 5.56 Å². The van der Waals surface area contributed by atoms with Crippen molar-refractivity contribution in [1.29, 1.82) is 0 Å². The van der Waals surface area contributed by atoms with E-state index in [2.05, 4.69) is 10.1 Å². The van der Waals surface area contributed by atoms with E-state index < -0.39 is 0 Å². The molecule has 0 amide bonds. The zero-order valence-electron chi connectivity index (χ0n) is 16.2. The number of thiazole rings is 1. The molecule has 0 N–H and O–H groups in total. The Morgan fingerprint density at radius 3 is 2.52 bits per heavy atom. The van der Waals surface area contributed by atoms with E-state index in [9.17, 15) is 4.79 Å². The fraction of sp³-hybridized carbons (Fsp3) is 0.136. The van der Waals surface area contributed by atoms with E-state index in [4.69, 9.17) is 9.47 Å². The monoisotopic (exact) mass is 405 g/mol. The number of methoxy groups -OCH3 is 2. The minimum absolute atomic E-state index is 0.211. The predicted molar refractivity (Wildman–Crippen MR) is 116 cm³/mol. The third kappa shape index (κ3) is 3.90. The summed E-state index contributed by atoms with van der Waals surface area (Å²) in [6, 6.07) is 13.6. The molecule has 0 spiro atoms. The van der Waals surface area contributed by atoms with Crippen LogP contribution < -0.4 is 19.6 Å². The number of rotatable bonds is 5. The number of hydrogen-bond acceptors (Lipinski definition) is 6. The minimum Gasteiger partial charge on any atom is -0.497 e. The van der Waals surface area contributed by atoms with Crippen LogP contribution in [0.25, 0.3) is 23.2 Å². The third-order valence-corrected chi connectivity index (χ3v) is 5.38. The van der Waals surface area contributed by atoms with Gasteiger partial charge in [-0.3, -0.25) is 4.79 Å². The molecular weight excluding hydrogens is 386 g/mol. The van der Waals surface area contributed by atoms with Crippen molar-refractivity contribution in [1.82, 2.24) is 14.6 Å². The maximum Gasteiger partial charge on any atom is 0.291 e. The van der Waals surface area contributed by atoms with Gasteiger partial charge in [-0.25, -0.2) is 0 Å². The first-order valence-corrected chi connectivity index (χ1v) is 9.77. The van der Waals surface area contributed by atoms with Gasteiger partial charge in [0, 0.05) is 5.56 Å². The SMILES string of the molecule is COc1ccc(OC)c(C=c2sc3nc(C=Cc4ccc(C)cc4)nn3c2=O)c1. The predicted octanol–water partition coefficient (Wildman–Crippen LogP) is 3.19.